The Hall–Kier alpha value is -3.74. The Balaban J connectivity index is 0.000000410. The van der Waals surface area contributed by atoms with Crippen LogP contribution in [0.15, 0.2) is 114 Å². The molecular formula is C31H34BrNO4. The molecule has 4 aromatic carbocycles. The molecule has 37 heavy (non-hydrogen) atoms. The molecule has 5 nitrogen and oxygen atoms in total. The summed E-state index contributed by atoms with van der Waals surface area (Å²) in [6.45, 7) is 1.38. The second-order valence-corrected chi connectivity index (χ2v) is 8.30. The lowest BCUT2D eigenvalue weighted by Crippen LogP contribution is -1.99. The van der Waals surface area contributed by atoms with Crippen LogP contribution in [0.5, 0.6) is 11.5 Å². The van der Waals surface area contributed by atoms with Gasteiger partial charge in [0.15, 0.2) is 0 Å². The fourth-order valence-corrected chi connectivity index (χ4v) is 3.50. The van der Waals surface area contributed by atoms with Gasteiger partial charge < -0.3 is 20.0 Å². The summed E-state index contributed by atoms with van der Waals surface area (Å²) in [5.41, 5.74) is 7.66. The van der Waals surface area contributed by atoms with E-state index in [-0.39, 0.29) is 13.8 Å². The highest BCUT2D eigenvalue weighted by atomic mass is 79.9. The molecule has 0 saturated heterocycles. The molecule has 0 unspecified atom stereocenters. The van der Waals surface area contributed by atoms with Gasteiger partial charge in [0.1, 0.15) is 17.8 Å². The molecule has 0 bridgehead atoms. The minimum atomic E-state index is 0. The van der Waals surface area contributed by atoms with Crippen LogP contribution in [0.2, 0.25) is 0 Å². The number of rotatable bonds is 9. The number of benzene rings is 4. The number of hydrogen-bond donors (Lipinski definition) is 1. The Kier molecular flexibility index (Phi) is 16.4. The third-order valence-electron chi connectivity index (χ3n) is 4.81. The number of nitrogens with two attached hydrogens (primary N) is 1. The van der Waals surface area contributed by atoms with Crippen molar-refractivity contribution in [1.82, 2.24) is 0 Å². The van der Waals surface area contributed by atoms with Crippen LogP contribution in [-0.4, -0.2) is 19.3 Å². The highest BCUT2D eigenvalue weighted by Crippen LogP contribution is 2.21. The van der Waals surface area contributed by atoms with Crippen LogP contribution < -0.4 is 10.5 Å². The topological polar surface area (TPSA) is 78.6 Å². The van der Waals surface area contributed by atoms with Crippen molar-refractivity contribution < 1.29 is 19.1 Å². The predicted octanol–water partition coefficient (Wildman–Crippen LogP) is 7.17. The number of hydrogen-bond acceptors (Lipinski definition) is 4. The van der Waals surface area contributed by atoms with Crippen molar-refractivity contribution >= 4 is 28.6 Å². The van der Waals surface area contributed by atoms with Gasteiger partial charge in [0.2, 0.25) is 6.41 Å². The molecule has 0 saturated carbocycles. The van der Waals surface area contributed by atoms with E-state index in [2.05, 4.69) is 45.9 Å². The first-order valence-electron chi connectivity index (χ1n) is 11.4. The van der Waals surface area contributed by atoms with Gasteiger partial charge in [-0.05, 0) is 53.4 Å². The first kappa shape index (κ1) is 31.3. The maximum absolute atomic E-state index is 10.1. The molecule has 0 spiro atoms. The summed E-state index contributed by atoms with van der Waals surface area (Å²) in [4.78, 5) is 18.7. The molecule has 6 heteroatoms. The lowest BCUT2D eigenvalue weighted by atomic mass is 10.1. The Morgan fingerprint density at radius 1 is 0.703 bits per heavy atom. The molecule has 0 aliphatic rings. The van der Waals surface area contributed by atoms with Crippen LogP contribution in [0.1, 0.15) is 24.1 Å². The van der Waals surface area contributed by atoms with Gasteiger partial charge in [0.25, 0.3) is 0 Å². The molecule has 0 radical (unpaired) electrons. The number of ether oxygens (including phenoxy) is 2. The zero-order chi connectivity index (χ0) is 25.8. The summed E-state index contributed by atoms with van der Waals surface area (Å²) >= 11 is 3.34. The lowest BCUT2D eigenvalue weighted by Gasteiger charge is -2.07. The largest absolute Gasteiger partial charge is 0.457 e. The van der Waals surface area contributed by atoms with E-state index in [1.165, 1.54) is 11.1 Å². The van der Waals surface area contributed by atoms with Crippen molar-refractivity contribution in [1.29, 1.82) is 0 Å². The van der Waals surface area contributed by atoms with Gasteiger partial charge in [-0.3, -0.25) is 4.79 Å². The molecule has 4 aromatic rings. The SMILES string of the molecule is C.NC=O.O=CCc1ccccc1Br.c1ccc(COCCc2ccc(Oc3ccccc3)cc2)cc1. The van der Waals surface area contributed by atoms with E-state index in [9.17, 15) is 4.79 Å². The summed E-state index contributed by atoms with van der Waals surface area (Å²) in [5.74, 6) is 1.71. The molecule has 0 aliphatic heterocycles. The third-order valence-corrected chi connectivity index (χ3v) is 5.58. The van der Waals surface area contributed by atoms with Gasteiger partial charge in [-0.15, -0.1) is 0 Å². The Morgan fingerprint density at radius 2 is 1.24 bits per heavy atom. The number of primary amides is 1. The van der Waals surface area contributed by atoms with E-state index in [0.717, 1.165) is 34.2 Å². The number of carbonyl (C=O) groups excluding carboxylic acids is 2. The Bertz CT molecular complexity index is 1140. The van der Waals surface area contributed by atoms with E-state index < -0.39 is 0 Å². The standard InChI is InChI=1S/C21H20O2.C8H7BrO.CH3NO.CH4/c1-3-7-19(8-4-1)17-22-16-15-18-11-13-21(14-12-18)23-20-9-5-2-6-10-20;9-8-4-2-1-3-7(8)5-6-10;2-1-3;/h1-14H,15-17H2;1-4,6H,5H2;1H,(H2,2,3);1H4. The Morgan fingerprint density at radius 3 is 1.84 bits per heavy atom. The molecule has 4 rings (SSSR count). The highest BCUT2D eigenvalue weighted by molar-refractivity contribution is 9.10. The second-order valence-electron chi connectivity index (χ2n) is 7.45. The monoisotopic (exact) mass is 563 g/mol. The summed E-state index contributed by atoms with van der Waals surface area (Å²) in [6.07, 6.45) is 2.54. The number of aldehydes is 1. The van der Waals surface area contributed by atoms with Crippen molar-refractivity contribution in [3.63, 3.8) is 0 Å². The summed E-state index contributed by atoms with van der Waals surface area (Å²) in [5, 5.41) is 0. The Labute approximate surface area is 228 Å². The summed E-state index contributed by atoms with van der Waals surface area (Å²) in [6, 6.07) is 35.9. The first-order valence-corrected chi connectivity index (χ1v) is 12.2. The fraction of sp³-hybridized carbons (Fsp3) is 0.161. The van der Waals surface area contributed by atoms with Gasteiger partial charge in [-0.25, -0.2) is 0 Å². The maximum atomic E-state index is 10.1. The number of halogens is 1. The minimum absolute atomic E-state index is 0. The average molecular weight is 565 g/mol. The predicted molar refractivity (Wildman–Crippen MR) is 154 cm³/mol. The first-order chi connectivity index (χ1) is 17.7. The van der Waals surface area contributed by atoms with Crippen LogP contribution in [0.4, 0.5) is 0 Å². The summed E-state index contributed by atoms with van der Waals surface area (Å²) in [7, 11) is 0. The molecule has 0 fully saturated rings. The smallest absolute Gasteiger partial charge is 0.204 e. The molecule has 0 heterocycles. The zero-order valence-corrected chi connectivity index (χ0v) is 21.5. The van der Waals surface area contributed by atoms with Crippen LogP contribution in [0.3, 0.4) is 0 Å². The van der Waals surface area contributed by atoms with Crippen molar-refractivity contribution in [3.05, 3.63) is 130 Å². The molecule has 0 aliphatic carbocycles. The molecule has 0 aromatic heterocycles. The molecule has 2 N–H and O–H groups in total. The average Bonchev–Trinajstić information content (AvgIpc) is 2.91. The quantitative estimate of drug-likeness (QED) is 0.173. The molecular weight excluding hydrogens is 530 g/mol. The van der Waals surface area contributed by atoms with E-state index >= 15 is 0 Å². The number of amides is 1. The molecule has 194 valence electrons. The van der Waals surface area contributed by atoms with Crippen molar-refractivity contribution in [3.8, 4) is 11.5 Å². The van der Waals surface area contributed by atoms with Gasteiger partial charge in [0.05, 0.1) is 13.2 Å². The number of para-hydroxylation sites is 1. The van der Waals surface area contributed by atoms with Crippen molar-refractivity contribution in [2.45, 2.75) is 26.9 Å². The van der Waals surface area contributed by atoms with Crippen LogP contribution in [0, 0.1) is 0 Å². The van der Waals surface area contributed by atoms with E-state index in [1.54, 1.807) is 0 Å². The van der Waals surface area contributed by atoms with Crippen LogP contribution in [-0.2, 0) is 33.8 Å². The summed E-state index contributed by atoms with van der Waals surface area (Å²) < 4.78 is 12.5. The fourth-order valence-electron chi connectivity index (χ4n) is 3.06. The second kappa shape index (κ2) is 19.4. The van der Waals surface area contributed by atoms with Gasteiger partial charge >= 0.3 is 0 Å². The highest BCUT2D eigenvalue weighted by Gasteiger charge is 1.99. The van der Waals surface area contributed by atoms with Gasteiger partial charge in [-0.2, -0.15) is 0 Å². The third kappa shape index (κ3) is 13.2. The minimum Gasteiger partial charge on any atom is -0.457 e. The van der Waals surface area contributed by atoms with Crippen molar-refractivity contribution in [2.75, 3.05) is 6.61 Å². The zero-order valence-electron chi connectivity index (χ0n) is 20.0. The molecule has 0 atom stereocenters. The van der Waals surface area contributed by atoms with Crippen molar-refractivity contribution in [2.24, 2.45) is 5.73 Å². The molecule has 1 amide bonds. The normalized spacial score (nSPS) is 9.32. The van der Waals surface area contributed by atoms with Gasteiger partial charge in [-0.1, -0.05) is 102 Å². The van der Waals surface area contributed by atoms with E-state index in [4.69, 9.17) is 14.3 Å². The van der Waals surface area contributed by atoms with Crippen LogP contribution in [0.25, 0.3) is 0 Å². The van der Waals surface area contributed by atoms with E-state index in [1.807, 2.05) is 84.9 Å². The van der Waals surface area contributed by atoms with Gasteiger partial charge in [0, 0.05) is 10.9 Å². The number of carbonyl (C=O) groups is 2. The lowest BCUT2D eigenvalue weighted by molar-refractivity contribution is -0.107. The maximum Gasteiger partial charge on any atom is 0.204 e. The van der Waals surface area contributed by atoms with E-state index in [0.29, 0.717) is 19.6 Å². The van der Waals surface area contributed by atoms with Crippen LogP contribution >= 0.6 is 15.9 Å².